The number of rotatable bonds is 4. The Balaban J connectivity index is 1.30. The lowest BCUT2D eigenvalue weighted by Gasteiger charge is -2.34. The second-order valence-corrected chi connectivity index (χ2v) is 7.06. The second kappa shape index (κ2) is 8.66. The van der Waals surface area contributed by atoms with Crippen molar-refractivity contribution in [3.8, 4) is 11.4 Å². The van der Waals surface area contributed by atoms with E-state index in [1.165, 1.54) is 6.20 Å². The van der Waals surface area contributed by atoms with Gasteiger partial charge < -0.3 is 19.5 Å². The van der Waals surface area contributed by atoms with Crippen LogP contribution in [-0.2, 0) is 17.5 Å². The highest BCUT2D eigenvalue weighted by atomic mass is 19.4. The van der Waals surface area contributed by atoms with Crippen LogP contribution in [0.25, 0.3) is 11.4 Å². The fraction of sp³-hybridized carbons (Fsp3) is 0.286. The number of hydrogen-bond acceptors (Lipinski definition) is 5. The molecule has 0 atom stereocenters. The Labute approximate surface area is 176 Å². The normalized spacial score (nSPS) is 14.5. The van der Waals surface area contributed by atoms with E-state index >= 15 is 0 Å². The summed E-state index contributed by atoms with van der Waals surface area (Å²) in [7, 11) is 0. The highest BCUT2D eigenvalue weighted by Crippen LogP contribution is 2.29. The lowest BCUT2D eigenvalue weighted by Crippen LogP contribution is -2.49. The number of carbonyl (C=O) groups excluding carboxylic acids is 1. The number of nitrogens with one attached hydrogen (secondary N) is 1. The number of aromatic nitrogens is 3. The van der Waals surface area contributed by atoms with Gasteiger partial charge in [-0.3, -0.25) is 0 Å². The van der Waals surface area contributed by atoms with Gasteiger partial charge in [0.15, 0.2) is 0 Å². The molecule has 0 bridgehead atoms. The Hall–Kier alpha value is -3.56. The number of piperazine rings is 1. The molecule has 0 aliphatic carbocycles. The van der Waals surface area contributed by atoms with Crippen molar-refractivity contribution in [3.63, 3.8) is 0 Å². The van der Waals surface area contributed by atoms with Gasteiger partial charge >= 0.3 is 12.3 Å². The minimum Gasteiger partial charge on any atom is -0.445 e. The zero-order valence-corrected chi connectivity index (χ0v) is 16.5. The smallest absolute Gasteiger partial charge is 0.432 e. The number of ether oxygens (including phenoxy) is 1. The van der Waals surface area contributed by atoms with E-state index in [4.69, 9.17) is 4.74 Å². The van der Waals surface area contributed by atoms with Crippen molar-refractivity contribution in [2.45, 2.75) is 12.8 Å². The molecule has 162 valence electrons. The average Bonchev–Trinajstić information content (AvgIpc) is 3.29. The third kappa shape index (κ3) is 4.96. The number of nitrogens with zero attached hydrogens (tertiary/aromatic N) is 4. The summed E-state index contributed by atoms with van der Waals surface area (Å²) >= 11 is 0. The first-order chi connectivity index (χ1) is 14.9. The summed E-state index contributed by atoms with van der Waals surface area (Å²) in [5, 5.41) is 0. The highest BCUT2D eigenvalue weighted by molar-refractivity contribution is 5.68. The van der Waals surface area contributed by atoms with Crippen molar-refractivity contribution < 1.29 is 22.7 Å². The van der Waals surface area contributed by atoms with Crippen LogP contribution in [0.2, 0.25) is 0 Å². The van der Waals surface area contributed by atoms with E-state index < -0.39 is 11.9 Å². The van der Waals surface area contributed by atoms with Gasteiger partial charge in [-0.05, 0) is 17.7 Å². The molecular weight excluding hydrogens is 411 g/mol. The Bertz CT molecular complexity index is 1010. The van der Waals surface area contributed by atoms with E-state index in [1.54, 1.807) is 17.0 Å². The maximum Gasteiger partial charge on any atom is 0.432 e. The number of alkyl halides is 3. The number of carbonyl (C=O) groups is 1. The summed E-state index contributed by atoms with van der Waals surface area (Å²) in [5.74, 6) is 0.793. The number of aromatic amines is 1. The van der Waals surface area contributed by atoms with Gasteiger partial charge in [0.05, 0.1) is 6.20 Å². The van der Waals surface area contributed by atoms with Crippen molar-refractivity contribution in [3.05, 3.63) is 66.1 Å². The molecule has 3 heterocycles. The number of amides is 1. The van der Waals surface area contributed by atoms with Gasteiger partial charge in [0.25, 0.3) is 0 Å². The van der Waals surface area contributed by atoms with E-state index in [0.717, 1.165) is 11.8 Å². The summed E-state index contributed by atoms with van der Waals surface area (Å²) in [4.78, 5) is 26.3. The fourth-order valence-corrected chi connectivity index (χ4v) is 3.25. The van der Waals surface area contributed by atoms with E-state index in [9.17, 15) is 18.0 Å². The molecule has 0 spiro atoms. The van der Waals surface area contributed by atoms with Gasteiger partial charge in [-0.15, -0.1) is 0 Å². The van der Waals surface area contributed by atoms with Crippen molar-refractivity contribution in [1.29, 1.82) is 0 Å². The fourth-order valence-electron chi connectivity index (χ4n) is 3.25. The first kappa shape index (κ1) is 20.7. The molecule has 1 aliphatic rings. The molecular formula is C21H20F3N5O2. The predicted octanol–water partition coefficient (Wildman–Crippen LogP) is 3.95. The van der Waals surface area contributed by atoms with E-state index in [2.05, 4.69) is 15.0 Å². The van der Waals surface area contributed by atoms with Gasteiger partial charge in [0, 0.05) is 37.9 Å². The summed E-state index contributed by atoms with van der Waals surface area (Å²) in [6.07, 6.45) is -2.58. The molecule has 2 aromatic heterocycles. The number of pyridine rings is 1. The SMILES string of the molecule is O=C(OCc1ccccc1)N1CCN(c2ccc(-c3ncc(C(F)(F)F)[nH]3)cn2)CC1. The summed E-state index contributed by atoms with van der Waals surface area (Å²) < 4.78 is 43.5. The van der Waals surface area contributed by atoms with Gasteiger partial charge in [-0.25, -0.2) is 14.8 Å². The maximum atomic E-state index is 12.7. The standard InChI is InChI=1S/C21H20F3N5O2/c22-21(23,24)17-13-26-19(27-17)16-6-7-18(25-12-16)28-8-10-29(11-9-28)20(30)31-14-15-4-2-1-3-5-15/h1-7,12-13H,8-11,14H2,(H,26,27). The summed E-state index contributed by atoms with van der Waals surface area (Å²) in [6, 6.07) is 12.9. The molecule has 1 saturated heterocycles. The molecule has 0 radical (unpaired) electrons. The second-order valence-electron chi connectivity index (χ2n) is 7.06. The number of imidazole rings is 1. The molecule has 10 heteroatoms. The summed E-state index contributed by atoms with van der Waals surface area (Å²) in [5.41, 5.74) is 0.488. The molecule has 1 N–H and O–H groups in total. The van der Waals surface area contributed by atoms with Crippen molar-refractivity contribution >= 4 is 11.9 Å². The molecule has 0 saturated carbocycles. The predicted molar refractivity (Wildman–Crippen MR) is 107 cm³/mol. The molecule has 7 nitrogen and oxygen atoms in total. The molecule has 4 rings (SSSR count). The van der Waals surface area contributed by atoms with Crippen LogP contribution in [0.15, 0.2) is 54.9 Å². The number of anilines is 1. The molecule has 1 fully saturated rings. The maximum absolute atomic E-state index is 12.7. The van der Waals surface area contributed by atoms with Crippen LogP contribution in [0.3, 0.4) is 0 Å². The quantitative estimate of drug-likeness (QED) is 0.677. The Kier molecular flexibility index (Phi) is 5.79. The van der Waals surface area contributed by atoms with Crippen LogP contribution < -0.4 is 4.90 Å². The van der Waals surface area contributed by atoms with Crippen LogP contribution in [0.5, 0.6) is 0 Å². The molecule has 3 aromatic rings. The lowest BCUT2D eigenvalue weighted by atomic mass is 10.2. The zero-order valence-electron chi connectivity index (χ0n) is 16.5. The summed E-state index contributed by atoms with van der Waals surface area (Å²) in [6.45, 7) is 2.36. The van der Waals surface area contributed by atoms with Crippen LogP contribution in [0, 0.1) is 0 Å². The van der Waals surface area contributed by atoms with E-state index in [0.29, 0.717) is 37.6 Å². The van der Waals surface area contributed by atoms with Gasteiger partial charge in [-0.2, -0.15) is 13.2 Å². The van der Waals surface area contributed by atoms with Crippen LogP contribution in [0.4, 0.5) is 23.8 Å². The monoisotopic (exact) mass is 431 g/mol. The van der Waals surface area contributed by atoms with Crippen LogP contribution >= 0.6 is 0 Å². The minimum atomic E-state index is -4.47. The number of hydrogen-bond donors (Lipinski definition) is 1. The molecule has 1 aliphatic heterocycles. The van der Waals surface area contributed by atoms with Crippen molar-refractivity contribution in [2.24, 2.45) is 0 Å². The van der Waals surface area contributed by atoms with Crippen molar-refractivity contribution in [2.75, 3.05) is 31.1 Å². The third-order valence-corrected chi connectivity index (χ3v) is 4.97. The molecule has 0 unspecified atom stereocenters. The Morgan fingerprint density at radius 2 is 1.74 bits per heavy atom. The Morgan fingerprint density at radius 3 is 2.35 bits per heavy atom. The van der Waals surface area contributed by atoms with Gasteiger partial charge in [0.1, 0.15) is 23.9 Å². The molecule has 1 amide bonds. The van der Waals surface area contributed by atoms with Gasteiger partial charge in [0.2, 0.25) is 0 Å². The Morgan fingerprint density at radius 1 is 1.00 bits per heavy atom. The zero-order chi connectivity index (χ0) is 21.8. The first-order valence-corrected chi connectivity index (χ1v) is 9.69. The van der Waals surface area contributed by atoms with Crippen LogP contribution in [0.1, 0.15) is 11.3 Å². The molecule has 1 aromatic carbocycles. The topological polar surface area (TPSA) is 74.3 Å². The third-order valence-electron chi connectivity index (χ3n) is 4.97. The number of halogens is 3. The average molecular weight is 431 g/mol. The minimum absolute atomic E-state index is 0.109. The van der Waals surface area contributed by atoms with E-state index in [1.807, 2.05) is 35.2 Å². The van der Waals surface area contributed by atoms with E-state index in [-0.39, 0.29) is 18.5 Å². The number of benzene rings is 1. The van der Waals surface area contributed by atoms with Gasteiger partial charge in [-0.1, -0.05) is 30.3 Å². The van der Waals surface area contributed by atoms with Crippen LogP contribution in [-0.4, -0.2) is 52.1 Å². The highest BCUT2D eigenvalue weighted by Gasteiger charge is 2.33. The number of H-pyrrole nitrogens is 1. The molecule has 31 heavy (non-hydrogen) atoms. The first-order valence-electron chi connectivity index (χ1n) is 9.69. The lowest BCUT2D eigenvalue weighted by molar-refractivity contribution is -0.140. The largest absolute Gasteiger partial charge is 0.445 e. The van der Waals surface area contributed by atoms with Crippen molar-refractivity contribution in [1.82, 2.24) is 19.9 Å².